The first-order valence-corrected chi connectivity index (χ1v) is 10.3. The van der Waals surface area contributed by atoms with Crippen LogP contribution in [0, 0.1) is 0 Å². The Morgan fingerprint density at radius 3 is 2.83 bits per heavy atom. The van der Waals surface area contributed by atoms with E-state index in [2.05, 4.69) is 15.3 Å². The smallest absolute Gasteiger partial charge is 0.242 e. The van der Waals surface area contributed by atoms with Crippen LogP contribution < -0.4 is 5.32 Å². The summed E-state index contributed by atoms with van der Waals surface area (Å²) < 4.78 is 1.87. The highest BCUT2D eigenvalue weighted by molar-refractivity contribution is 6.31. The van der Waals surface area contributed by atoms with Gasteiger partial charge in [-0.05, 0) is 44.5 Å². The lowest BCUT2D eigenvalue weighted by atomic mass is 10.1. The van der Waals surface area contributed by atoms with Crippen LogP contribution in [0.3, 0.4) is 0 Å². The Bertz CT molecular complexity index is 1240. The monoisotopic (exact) mass is 422 g/mol. The molecule has 2 aromatic heterocycles. The van der Waals surface area contributed by atoms with Crippen molar-refractivity contribution in [2.24, 2.45) is 0 Å². The Kier molecular flexibility index (Phi) is 5.59. The average molecular weight is 423 g/mol. The quantitative estimate of drug-likeness (QED) is 0.335. The van der Waals surface area contributed by atoms with E-state index in [1.165, 1.54) is 0 Å². The van der Waals surface area contributed by atoms with Gasteiger partial charge < -0.3 is 14.9 Å². The van der Waals surface area contributed by atoms with Crippen LogP contribution in [-0.4, -0.2) is 32.8 Å². The molecule has 0 aliphatic carbocycles. The molecule has 0 saturated heterocycles. The van der Waals surface area contributed by atoms with E-state index >= 15 is 0 Å². The summed E-state index contributed by atoms with van der Waals surface area (Å²) in [5.41, 5.74) is 3.31. The highest BCUT2D eigenvalue weighted by Crippen LogP contribution is 2.25. The molecule has 6 nitrogen and oxygen atoms in total. The minimum absolute atomic E-state index is 0.00956. The van der Waals surface area contributed by atoms with Crippen LogP contribution in [0.2, 0.25) is 5.02 Å². The molecule has 2 aromatic carbocycles. The Morgan fingerprint density at radius 1 is 1.23 bits per heavy atom. The van der Waals surface area contributed by atoms with Crippen LogP contribution in [-0.2, 0) is 11.2 Å². The Balaban J connectivity index is 1.38. The van der Waals surface area contributed by atoms with Crippen molar-refractivity contribution < 1.29 is 9.59 Å². The second-order valence-corrected chi connectivity index (χ2v) is 7.88. The summed E-state index contributed by atoms with van der Waals surface area (Å²) >= 11 is 6.01. The van der Waals surface area contributed by atoms with Gasteiger partial charge in [0.2, 0.25) is 5.91 Å². The number of ketones is 1. The molecule has 154 valence electrons. The van der Waals surface area contributed by atoms with E-state index in [9.17, 15) is 9.59 Å². The number of carbonyl (C=O) groups excluding carboxylic acids is 2. The number of H-pyrrole nitrogens is 1. The van der Waals surface area contributed by atoms with Crippen molar-refractivity contribution in [1.82, 2.24) is 19.9 Å². The fraction of sp³-hybridized carbons (Fsp3) is 0.261. The number of para-hydroxylation sites is 1. The van der Waals surface area contributed by atoms with E-state index < -0.39 is 6.04 Å². The lowest BCUT2D eigenvalue weighted by Crippen LogP contribution is -2.31. The highest BCUT2D eigenvalue weighted by atomic mass is 35.5. The van der Waals surface area contributed by atoms with E-state index in [0.717, 1.165) is 40.6 Å². The molecule has 7 heteroatoms. The molecular weight excluding hydrogens is 400 g/mol. The Morgan fingerprint density at radius 2 is 2.03 bits per heavy atom. The van der Waals surface area contributed by atoms with Crippen LogP contribution in [0.4, 0.5) is 0 Å². The number of nitrogens with zero attached hydrogens (tertiary/aromatic N) is 2. The number of Topliss-reactive ketones (excluding diaryl/α,β-unsaturated/α-hetero) is 1. The van der Waals surface area contributed by atoms with Crippen LogP contribution in [0.25, 0.3) is 21.9 Å². The van der Waals surface area contributed by atoms with Gasteiger partial charge in [-0.15, -0.1) is 0 Å². The van der Waals surface area contributed by atoms with Gasteiger partial charge in [-0.2, -0.15) is 0 Å². The van der Waals surface area contributed by atoms with Gasteiger partial charge in [0, 0.05) is 40.7 Å². The number of fused-ring (bicyclic) bond motifs is 2. The minimum atomic E-state index is -0.420. The number of carbonyl (C=O) groups is 2. The third-order valence-electron chi connectivity index (χ3n) is 5.30. The van der Waals surface area contributed by atoms with Gasteiger partial charge >= 0.3 is 0 Å². The summed E-state index contributed by atoms with van der Waals surface area (Å²) in [5.74, 6) is 0.781. The first kappa shape index (κ1) is 20.2. The summed E-state index contributed by atoms with van der Waals surface area (Å²) in [7, 11) is 0. The van der Waals surface area contributed by atoms with Crippen molar-refractivity contribution in [3.8, 4) is 0 Å². The molecule has 0 aliphatic rings. The van der Waals surface area contributed by atoms with Gasteiger partial charge in [-0.1, -0.05) is 29.8 Å². The molecule has 1 unspecified atom stereocenters. The second kappa shape index (κ2) is 8.32. The van der Waals surface area contributed by atoms with Gasteiger partial charge in [0.15, 0.2) is 5.78 Å². The van der Waals surface area contributed by atoms with E-state index in [4.69, 9.17) is 11.6 Å². The van der Waals surface area contributed by atoms with Gasteiger partial charge in [-0.3, -0.25) is 9.59 Å². The summed E-state index contributed by atoms with van der Waals surface area (Å²) in [6, 6.07) is 12.8. The molecule has 0 saturated carbocycles. The van der Waals surface area contributed by atoms with Crippen molar-refractivity contribution in [2.75, 3.05) is 6.54 Å². The molecule has 2 N–H and O–H groups in total. The zero-order valence-electron chi connectivity index (χ0n) is 16.9. The van der Waals surface area contributed by atoms with E-state index in [0.29, 0.717) is 17.1 Å². The van der Waals surface area contributed by atoms with Gasteiger partial charge in [-0.25, -0.2) is 4.98 Å². The number of rotatable bonds is 7. The van der Waals surface area contributed by atoms with Crippen molar-refractivity contribution in [3.05, 3.63) is 65.1 Å². The van der Waals surface area contributed by atoms with E-state index in [1.54, 1.807) is 13.1 Å². The van der Waals surface area contributed by atoms with Crippen LogP contribution in [0.1, 0.15) is 42.5 Å². The molecule has 30 heavy (non-hydrogen) atoms. The van der Waals surface area contributed by atoms with Crippen molar-refractivity contribution in [3.63, 3.8) is 0 Å². The standard InChI is InChI=1S/C23H23ClN4O2/c1-14(28-13-18(15(2)29)17-6-3-4-7-21(17)28)23(30)25-11-5-8-22-26-19-10-9-16(24)12-20(19)27-22/h3-4,6-7,9-10,12-14H,5,8,11H2,1-2H3,(H,25,30)(H,26,27). The number of aromatic nitrogens is 3. The zero-order valence-corrected chi connectivity index (χ0v) is 17.7. The SMILES string of the molecule is CC(=O)c1cn(C(C)C(=O)NCCCc2nc3ccc(Cl)cc3[nH]2)c2ccccc12. The maximum absolute atomic E-state index is 12.7. The topological polar surface area (TPSA) is 79.8 Å². The van der Waals surface area contributed by atoms with Crippen LogP contribution in [0.5, 0.6) is 0 Å². The molecule has 4 rings (SSSR count). The Hall–Kier alpha value is -3.12. The fourth-order valence-corrected chi connectivity index (χ4v) is 3.87. The normalized spacial score (nSPS) is 12.4. The molecule has 0 radical (unpaired) electrons. The molecule has 2 heterocycles. The first-order chi connectivity index (χ1) is 14.4. The number of imidazole rings is 1. The summed E-state index contributed by atoms with van der Waals surface area (Å²) in [6.07, 6.45) is 3.26. The number of halogens is 1. The molecule has 1 amide bonds. The number of hydrogen-bond acceptors (Lipinski definition) is 3. The predicted molar refractivity (Wildman–Crippen MR) is 119 cm³/mol. The molecule has 0 bridgehead atoms. The lowest BCUT2D eigenvalue weighted by Gasteiger charge is -2.15. The van der Waals surface area contributed by atoms with Gasteiger partial charge in [0.25, 0.3) is 0 Å². The second-order valence-electron chi connectivity index (χ2n) is 7.44. The van der Waals surface area contributed by atoms with Gasteiger partial charge in [0.05, 0.1) is 11.0 Å². The highest BCUT2D eigenvalue weighted by Gasteiger charge is 2.19. The van der Waals surface area contributed by atoms with E-state index in [1.807, 2.05) is 54.0 Å². The number of hydrogen-bond donors (Lipinski definition) is 2. The van der Waals surface area contributed by atoms with Gasteiger partial charge in [0.1, 0.15) is 11.9 Å². The lowest BCUT2D eigenvalue weighted by molar-refractivity contribution is -0.123. The fourth-order valence-electron chi connectivity index (χ4n) is 3.70. The zero-order chi connectivity index (χ0) is 21.3. The largest absolute Gasteiger partial charge is 0.354 e. The van der Waals surface area contributed by atoms with Crippen molar-refractivity contribution >= 4 is 45.2 Å². The molecule has 0 spiro atoms. The molecule has 0 fully saturated rings. The third kappa shape index (κ3) is 3.96. The maximum Gasteiger partial charge on any atom is 0.242 e. The van der Waals surface area contributed by atoms with Crippen molar-refractivity contribution in [2.45, 2.75) is 32.7 Å². The van der Waals surface area contributed by atoms with Crippen LogP contribution >= 0.6 is 11.6 Å². The van der Waals surface area contributed by atoms with Crippen LogP contribution in [0.15, 0.2) is 48.7 Å². The van der Waals surface area contributed by atoms with Crippen molar-refractivity contribution in [1.29, 1.82) is 0 Å². The number of nitrogens with one attached hydrogen (secondary N) is 2. The third-order valence-corrected chi connectivity index (χ3v) is 5.53. The molecular formula is C23H23ClN4O2. The predicted octanol–water partition coefficient (Wildman–Crippen LogP) is 4.68. The summed E-state index contributed by atoms with van der Waals surface area (Å²) in [4.78, 5) is 32.5. The number of benzene rings is 2. The average Bonchev–Trinajstić information content (AvgIpc) is 3.31. The summed E-state index contributed by atoms with van der Waals surface area (Å²) in [5, 5.41) is 4.53. The maximum atomic E-state index is 12.7. The molecule has 1 atom stereocenters. The molecule has 4 aromatic rings. The number of aromatic amines is 1. The molecule has 0 aliphatic heterocycles. The minimum Gasteiger partial charge on any atom is -0.354 e. The Labute approximate surface area is 179 Å². The summed E-state index contributed by atoms with van der Waals surface area (Å²) in [6.45, 7) is 3.93. The first-order valence-electron chi connectivity index (χ1n) is 9.96. The number of amides is 1. The van der Waals surface area contributed by atoms with E-state index in [-0.39, 0.29) is 11.7 Å². The number of aryl methyl sites for hydroxylation is 1.